The van der Waals surface area contributed by atoms with Gasteiger partial charge >= 0.3 is 0 Å². The minimum Gasteiger partial charge on any atom is -0.297 e. The van der Waals surface area contributed by atoms with E-state index in [1.165, 1.54) is 6.42 Å². The summed E-state index contributed by atoms with van der Waals surface area (Å²) in [6.07, 6.45) is 3.49. The summed E-state index contributed by atoms with van der Waals surface area (Å²) in [6.45, 7) is 0. The smallest absolute Gasteiger partial charge is 0.204 e. The minimum atomic E-state index is -2.70. The summed E-state index contributed by atoms with van der Waals surface area (Å²) in [5.41, 5.74) is 0. The number of rotatable bonds is 4. The molecule has 0 spiro atoms. The molecule has 2 nitrogen and oxygen atoms in total. The minimum absolute atomic E-state index is 0.395. The fraction of sp³-hybridized carbons (Fsp3) is 0.250. The van der Waals surface area contributed by atoms with Crippen molar-refractivity contribution in [2.24, 2.45) is 0 Å². The van der Waals surface area contributed by atoms with E-state index in [1.54, 1.807) is 0 Å². The predicted octanol–water partition coefficient (Wildman–Crippen LogP) is 3.06. The van der Waals surface area contributed by atoms with E-state index in [1.807, 2.05) is 60.7 Å². The van der Waals surface area contributed by atoms with Gasteiger partial charge < -0.3 is 0 Å². The van der Waals surface area contributed by atoms with Crippen molar-refractivity contribution in [2.75, 3.05) is 0 Å². The summed E-state index contributed by atoms with van der Waals surface area (Å²) in [7, 11) is -2.70. The number of hydrogen-bond acceptors (Lipinski definition) is 1. The maximum absolute atomic E-state index is 13.5. The average molecular weight is 271 g/mol. The summed E-state index contributed by atoms with van der Waals surface area (Å²) < 4.78 is 13.5. The van der Waals surface area contributed by atoms with Gasteiger partial charge in [-0.25, -0.2) is 0 Å². The second kappa shape index (κ2) is 5.32. The zero-order chi connectivity index (χ0) is 13.1. The molecule has 1 aliphatic rings. The molecule has 0 atom stereocenters. The van der Waals surface area contributed by atoms with Crippen molar-refractivity contribution in [1.82, 2.24) is 5.09 Å². The third-order valence-electron chi connectivity index (χ3n) is 3.71. The Morgan fingerprint density at radius 3 is 1.68 bits per heavy atom. The van der Waals surface area contributed by atoms with E-state index in [0.717, 1.165) is 23.5 Å². The highest BCUT2D eigenvalue weighted by Crippen LogP contribution is 2.41. The molecule has 2 aromatic rings. The van der Waals surface area contributed by atoms with Gasteiger partial charge in [-0.2, -0.15) is 0 Å². The van der Waals surface area contributed by atoms with Crippen LogP contribution in [0.2, 0.25) is 0 Å². The van der Waals surface area contributed by atoms with Crippen LogP contribution in [0.1, 0.15) is 19.3 Å². The maximum atomic E-state index is 13.5. The molecule has 1 fully saturated rings. The van der Waals surface area contributed by atoms with E-state index in [-0.39, 0.29) is 0 Å². The Morgan fingerprint density at radius 1 is 0.842 bits per heavy atom. The number of nitrogens with one attached hydrogen (secondary N) is 1. The molecule has 3 rings (SSSR count). The Balaban J connectivity index is 2.02. The van der Waals surface area contributed by atoms with Crippen LogP contribution in [0, 0.1) is 0 Å². The lowest BCUT2D eigenvalue weighted by Gasteiger charge is -2.32. The van der Waals surface area contributed by atoms with Crippen molar-refractivity contribution in [3.8, 4) is 0 Å². The lowest BCUT2D eigenvalue weighted by Crippen LogP contribution is -2.38. The van der Waals surface area contributed by atoms with Crippen molar-refractivity contribution in [3.05, 3.63) is 60.7 Å². The molecule has 19 heavy (non-hydrogen) atoms. The molecule has 0 aliphatic heterocycles. The Hall–Kier alpha value is -1.37. The summed E-state index contributed by atoms with van der Waals surface area (Å²) in [5.74, 6) is 0. The first-order valence-corrected chi connectivity index (χ1v) is 8.49. The van der Waals surface area contributed by atoms with E-state index in [9.17, 15) is 4.57 Å². The van der Waals surface area contributed by atoms with Crippen LogP contribution >= 0.6 is 7.29 Å². The molecule has 1 N–H and O–H groups in total. The van der Waals surface area contributed by atoms with Crippen LogP contribution < -0.4 is 15.7 Å². The zero-order valence-corrected chi connectivity index (χ0v) is 11.7. The lowest BCUT2D eigenvalue weighted by atomic mass is 9.94. The first-order valence-electron chi connectivity index (χ1n) is 6.78. The van der Waals surface area contributed by atoms with Crippen LogP contribution in [0.15, 0.2) is 60.7 Å². The van der Waals surface area contributed by atoms with E-state index < -0.39 is 7.29 Å². The van der Waals surface area contributed by atoms with Gasteiger partial charge in [-0.1, -0.05) is 42.8 Å². The normalized spacial score (nSPS) is 16.0. The van der Waals surface area contributed by atoms with Crippen LogP contribution in [0.5, 0.6) is 0 Å². The molecule has 0 bridgehead atoms. The quantitative estimate of drug-likeness (QED) is 0.866. The van der Waals surface area contributed by atoms with Crippen molar-refractivity contribution < 1.29 is 4.57 Å². The van der Waals surface area contributed by atoms with Gasteiger partial charge in [0.05, 0.1) is 0 Å². The molecule has 0 heterocycles. The fourth-order valence-corrected chi connectivity index (χ4v) is 4.92. The van der Waals surface area contributed by atoms with Crippen LogP contribution in [0.3, 0.4) is 0 Å². The Labute approximate surface area is 114 Å². The molecule has 98 valence electrons. The molecule has 2 aromatic carbocycles. The molecular formula is C16H18NOP. The molecule has 1 saturated carbocycles. The van der Waals surface area contributed by atoms with E-state index in [0.29, 0.717) is 6.04 Å². The van der Waals surface area contributed by atoms with Gasteiger partial charge in [0.15, 0.2) is 0 Å². The largest absolute Gasteiger partial charge is 0.297 e. The second-order valence-electron chi connectivity index (χ2n) is 5.04. The number of hydrogen-bond donors (Lipinski definition) is 1. The summed E-state index contributed by atoms with van der Waals surface area (Å²) in [5, 5.41) is 5.21. The van der Waals surface area contributed by atoms with Crippen molar-refractivity contribution in [1.29, 1.82) is 0 Å². The standard InChI is InChI=1S/C16H18NOP/c18-19(17-14-8-7-9-14,15-10-3-1-4-11-15)16-12-5-2-6-13-16/h1-6,10-14H,7-9H2,(H,17,18). The van der Waals surface area contributed by atoms with Crippen LogP contribution in [-0.2, 0) is 4.57 Å². The van der Waals surface area contributed by atoms with Gasteiger partial charge in [0.2, 0.25) is 7.29 Å². The van der Waals surface area contributed by atoms with Crippen LogP contribution in [0.25, 0.3) is 0 Å². The highest BCUT2D eigenvalue weighted by atomic mass is 31.2. The van der Waals surface area contributed by atoms with E-state index in [2.05, 4.69) is 5.09 Å². The SMILES string of the molecule is O=P(NC1CCC1)(c1ccccc1)c1ccccc1. The zero-order valence-electron chi connectivity index (χ0n) is 10.8. The van der Waals surface area contributed by atoms with Crippen molar-refractivity contribution in [3.63, 3.8) is 0 Å². The summed E-state index contributed by atoms with van der Waals surface area (Å²) in [4.78, 5) is 0. The monoisotopic (exact) mass is 271 g/mol. The third kappa shape index (κ3) is 2.51. The third-order valence-corrected chi connectivity index (χ3v) is 6.49. The van der Waals surface area contributed by atoms with Gasteiger partial charge in [-0.3, -0.25) is 9.65 Å². The van der Waals surface area contributed by atoms with E-state index in [4.69, 9.17) is 0 Å². The van der Waals surface area contributed by atoms with Crippen LogP contribution in [-0.4, -0.2) is 6.04 Å². The van der Waals surface area contributed by atoms with Crippen LogP contribution in [0.4, 0.5) is 0 Å². The molecule has 1 aliphatic carbocycles. The van der Waals surface area contributed by atoms with Gasteiger partial charge in [0.1, 0.15) is 0 Å². The van der Waals surface area contributed by atoms with Gasteiger partial charge in [0, 0.05) is 16.7 Å². The van der Waals surface area contributed by atoms with Crippen molar-refractivity contribution >= 4 is 17.9 Å². The summed E-state index contributed by atoms with van der Waals surface area (Å²) >= 11 is 0. The second-order valence-corrected chi connectivity index (χ2v) is 7.55. The summed E-state index contributed by atoms with van der Waals surface area (Å²) in [6, 6.07) is 20.0. The fourth-order valence-electron chi connectivity index (χ4n) is 2.37. The highest BCUT2D eigenvalue weighted by Gasteiger charge is 2.31. The molecular weight excluding hydrogens is 253 g/mol. The predicted molar refractivity (Wildman–Crippen MR) is 80.5 cm³/mol. The average Bonchev–Trinajstić information content (AvgIpc) is 2.45. The maximum Gasteiger partial charge on any atom is 0.204 e. The Kier molecular flexibility index (Phi) is 3.54. The first-order chi connectivity index (χ1) is 9.29. The molecule has 0 saturated heterocycles. The topological polar surface area (TPSA) is 29.1 Å². The Bertz CT molecular complexity index is 535. The molecule has 0 amide bonds. The highest BCUT2D eigenvalue weighted by molar-refractivity contribution is 7.76. The molecule has 3 heteroatoms. The molecule has 0 aromatic heterocycles. The first kappa shape index (κ1) is 12.7. The van der Waals surface area contributed by atoms with Gasteiger partial charge in [-0.15, -0.1) is 0 Å². The lowest BCUT2D eigenvalue weighted by molar-refractivity contribution is 0.386. The Morgan fingerprint density at radius 2 is 1.32 bits per heavy atom. The number of benzene rings is 2. The van der Waals surface area contributed by atoms with Gasteiger partial charge in [-0.05, 0) is 37.1 Å². The molecule has 0 radical (unpaired) electrons. The van der Waals surface area contributed by atoms with E-state index >= 15 is 0 Å². The van der Waals surface area contributed by atoms with Crippen molar-refractivity contribution in [2.45, 2.75) is 25.3 Å². The van der Waals surface area contributed by atoms with Gasteiger partial charge in [0.25, 0.3) is 0 Å². The molecule has 0 unspecified atom stereocenters.